The van der Waals surface area contributed by atoms with Crippen molar-refractivity contribution in [1.29, 1.82) is 0 Å². The summed E-state index contributed by atoms with van der Waals surface area (Å²) in [5.74, 6) is -0.370. The van der Waals surface area contributed by atoms with E-state index in [1.54, 1.807) is 30.3 Å². The minimum atomic E-state index is -0.500. The van der Waals surface area contributed by atoms with Crippen LogP contribution < -0.4 is 10.7 Å². The molecule has 0 aliphatic rings. The zero-order valence-electron chi connectivity index (χ0n) is 15.3. The van der Waals surface area contributed by atoms with Gasteiger partial charge in [-0.1, -0.05) is 36.8 Å². The molecule has 146 valence electrons. The molecule has 2 aromatic carbocycles. The normalized spacial score (nSPS) is 10.6. The van der Waals surface area contributed by atoms with Crippen LogP contribution in [0.4, 0.5) is 5.69 Å². The van der Waals surface area contributed by atoms with Crippen molar-refractivity contribution in [1.82, 2.24) is 10.7 Å². The molecule has 8 nitrogen and oxygen atoms in total. The Hall–Kier alpha value is -3.55. The van der Waals surface area contributed by atoms with Crippen molar-refractivity contribution in [3.8, 4) is 0 Å². The zero-order valence-corrected chi connectivity index (χ0v) is 15.3. The van der Waals surface area contributed by atoms with E-state index in [4.69, 9.17) is 0 Å². The van der Waals surface area contributed by atoms with E-state index in [0.29, 0.717) is 30.5 Å². The molecule has 2 aromatic rings. The quantitative estimate of drug-likeness (QED) is 0.284. The van der Waals surface area contributed by atoms with Gasteiger partial charge in [0.1, 0.15) is 0 Å². The molecule has 2 amide bonds. The molecule has 0 fully saturated rings. The molecular weight excluding hydrogens is 360 g/mol. The summed E-state index contributed by atoms with van der Waals surface area (Å²) >= 11 is 0. The number of carbonyl (C=O) groups is 2. The smallest absolute Gasteiger partial charge is 0.278 e. The lowest BCUT2D eigenvalue weighted by Gasteiger charge is -2.05. The average Bonchev–Trinajstić information content (AvgIpc) is 2.71. The number of para-hydroxylation sites is 1. The third-order valence-electron chi connectivity index (χ3n) is 3.93. The van der Waals surface area contributed by atoms with Crippen LogP contribution in [0.25, 0.3) is 0 Å². The molecule has 0 aromatic heterocycles. The third kappa shape index (κ3) is 6.99. The van der Waals surface area contributed by atoms with E-state index in [2.05, 4.69) is 15.8 Å². The van der Waals surface area contributed by atoms with Crippen LogP contribution in [-0.2, 0) is 4.79 Å². The first-order chi connectivity index (χ1) is 13.6. The summed E-state index contributed by atoms with van der Waals surface area (Å²) < 4.78 is 0. The first kappa shape index (κ1) is 20.8. The molecule has 28 heavy (non-hydrogen) atoms. The van der Waals surface area contributed by atoms with Gasteiger partial charge in [0.15, 0.2) is 0 Å². The van der Waals surface area contributed by atoms with Gasteiger partial charge in [0.05, 0.1) is 16.7 Å². The average molecular weight is 382 g/mol. The van der Waals surface area contributed by atoms with E-state index in [0.717, 1.165) is 12.8 Å². The molecule has 0 spiro atoms. The number of hydrazone groups is 1. The Morgan fingerprint density at radius 2 is 1.71 bits per heavy atom. The second kappa shape index (κ2) is 11.2. The van der Waals surface area contributed by atoms with Crippen LogP contribution in [0.5, 0.6) is 0 Å². The van der Waals surface area contributed by atoms with Crippen molar-refractivity contribution < 1.29 is 14.5 Å². The van der Waals surface area contributed by atoms with Gasteiger partial charge in [0.25, 0.3) is 11.6 Å². The van der Waals surface area contributed by atoms with Crippen molar-refractivity contribution in [3.63, 3.8) is 0 Å². The SMILES string of the molecule is O=C(CCCCCNC(=O)c1ccccc1)N/N=C\c1ccccc1[N+](=O)[O-]. The lowest BCUT2D eigenvalue weighted by Crippen LogP contribution is -2.24. The maximum Gasteiger partial charge on any atom is 0.278 e. The molecule has 0 atom stereocenters. The largest absolute Gasteiger partial charge is 0.352 e. The Kier molecular flexibility index (Phi) is 8.32. The number of carbonyl (C=O) groups excluding carboxylic acids is 2. The standard InChI is InChI=1S/C20H22N4O4/c25-19(23-22-15-17-11-6-7-12-18(17)24(27)28)13-5-2-8-14-21-20(26)16-9-3-1-4-10-16/h1,3-4,6-7,9-12,15H,2,5,8,13-14H2,(H,21,26)(H,23,25)/b22-15-. The molecule has 0 heterocycles. The first-order valence-corrected chi connectivity index (χ1v) is 8.96. The Morgan fingerprint density at radius 3 is 2.46 bits per heavy atom. The van der Waals surface area contributed by atoms with Gasteiger partial charge in [0, 0.05) is 24.6 Å². The number of hydrogen-bond acceptors (Lipinski definition) is 5. The number of hydrogen-bond donors (Lipinski definition) is 2. The Balaban J connectivity index is 1.60. The van der Waals surface area contributed by atoms with Crippen molar-refractivity contribution in [2.45, 2.75) is 25.7 Å². The summed E-state index contributed by atoms with van der Waals surface area (Å²) in [6, 6.07) is 15.1. The highest BCUT2D eigenvalue weighted by Gasteiger charge is 2.10. The van der Waals surface area contributed by atoms with Gasteiger partial charge >= 0.3 is 0 Å². The number of nitro groups is 1. The van der Waals surface area contributed by atoms with Crippen LogP contribution in [-0.4, -0.2) is 29.5 Å². The summed E-state index contributed by atoms with van der Waals surface area (Å²) in [4.78, 5) is 34.0. The summed E-state index contributed by atoms with van der Waals surface area (Å²) in [6.07, 6.45) is 3.77. The van der Waals surface area contributed by atoms with E-state index in [1.165, 1.54) is 12.3 Å². The number of nitro benzene ring substituents is 1. The van der Waals surface area contributed by atoms with E-state index in [1.807, 2.05) is 18.2 Å². The van der Waals surface area contributed by atoms with Gasteiger partial charge in [-0.3, -0.25) is 19.7 Å². The summed E-state index contributed by atoms with van der Waals surface area (Å²) in [6.45, 7) is 0.547. The van der Waals surface area contributed by atoms with Gasteiger partial charge < -0.3 is 5.32 Å². The summed E-state index contributed by atoms with van der Waals surface area (Å²) in [7, 11) is 0. The fourth-order valence-corrected chi connectivity index (χ4v) is 2.47. The highest BCUT2D eigenvalue weighted by Crippen LogP contribution is 2.15. The lowest BCUT2D eigenvalue weighted by atomic mass is 10.2. The van der Waals surface area contributed by atoms with Gasteiger partial charge in [-0.15, -0.1) is 0 Å². The van der Waals surface area contributed by atoms with E-state index in [-0.39, 0.29) is 17.5 Å². The van der Waals surface area contributed by atoms with Crippen LogP contribution >= 0.6 is 0 Å². The summed E-state index contributed by atoms with van der Waals surface area (Å²) in [5.41, 5.74) is 3.24. The number of amides is 2. The van der Waals surface area contributed by atoms with Crippen LogP contribution in [0, 0.1) is 10.1 Å². The molecule has 2 N–H and O–H groups in total. The maximum absolute atomic E-state index is 11.9. The van der Waals surface area contributed by atoms with Crippen molar-refractivity contribution in [3.05, 3.63) is 75.8 Å². The summed E-state index contributed by atoms with van der Waals surface area (Å²) in [5, 5.41) is 17.5. The van der Waals surface area contributed by atoms with E-state index in [9.17, 15) is 19.7 Å². The van der Waals surface area contributed by atoms with Crippen molar-refractivity contribution >= 4 is 23.7 Å². The highest BCUT2D eigenvalue weighted by molar-refractivity contribution is 5.94. The first-order valence-electron chi connectivity index (χ1n) is 8.96. The van der Waals surface area contributed by atoms with Crippen molar-refractivity contribution in [2.75, 3.05) is 6.54 Å². The molecule has 0 unspecified atom stereocenters. The Morgan fingerprint density at radius 1 is 1.00 bits per heavy atom. The number of rotatable bonds is 10. The fourth-order valence-electron chi connectivity index (χ4n) is 2.47. The third-order valence-corrected chi connectivity index (χ3v) is 3.93. The molecule has 0 aliphatic carbocycles. The Bertz CT molecular complexity index is 837. The molecule has 0 saturated heterocycles. The molecule has 8 heteroatoms. The Labute approximate surface area is 162 Å². The zero-order chi connectivity index (χ0) is 20.2. The number of benzene rings is 2. The number of unbranched alkanes of at least 4 members (excludes halogenated alkanes) is 2. The minimum absolute atomic E-state index is 0.0713. The van der Waals surface area contributed by atoms with Gasteiger partial charge in [-0.2, -0.15) is 5.10 Å². The van der Waals surface area contributed by atoms with Gasteiger partial charge in [-0.25, -0.2) is 5.43 Å². The lowest BCUT2D eigenvalue weighted by molar-refractivity contribution is -0.385. The predicted molar refractivity (Wildman–Crippen MR) is 106 cm³/mol. The molecule has 0 bridgehead atoms. The van der Waals surface area contributed by atoms with Crippen LogP contribution in [0.1, 0.15) is 41.6 Å². The topological polar surface area (TPSA) is 114 Å². The molecular formula is C20H22N4O4. The van der Waals surface area contributed by atoms with Gasteiger partial charge in [-0.05, 0) is 31.0 Å². The highest BCUT2D eigenvalue weighted by atomic mass is 16.6. The van der Waals surface area contributed by atoms with Crippen LogP contribution in [0.3, 0.4) is 0 Å². The second-order valence-corrected chi connectivity index (χ2v) is 6.04. The maximum atomic E-state index is 11.9. The second-order valence-electron chi connectivity index (χ2n) is 6.04. The number of nitrogens with one attached hydrogen (secondary N) is 2. The van der Waals surface area contributed by atoms with E-state index < -0.39 is 4.92 Å². The minimum Gasteiger partial charge on any atom is -0.352 e. The van der Waals surface area contributed by atoms with Gasteiger partial charge in [0.2, 0.25) is 5.91 Å². The number of nitrogens with zero attached hydrogens (tertiary/aromatic N) is 2. The van der Waals surface area contributed by atoms with Crippen LogP contribution in [0.2, 0.25) is 0 Å². The molecule has 2 rings (SSSR count). The predicted octanol–water partition coefficient (Wildman–Crippen LogP) is 3.04. The molecule has 0 radical (unpaired) electrons. The molecule has 0 saturated carbocycles. The van der Waals surface area contributed by atoms with E-state index >= 15 is 0 Å². The fraction of sp³-hybridized carbons (Fsp3) is 0.250. The van der Waals surface area contributed by atoms with Crippen LogP contribution in [0.15, 0.2) is 59.7 Å². The molecule has 0 aliphatic heterocycles. The van der Waals surface area contributed by atoms with Crippen molar-refractivity contribution in [2.24, 2.45) is 5.10 Å². The monoisotopic (exact) mass is 382 g/mol.